The molecule has 0 unspecified atom stereocenters. The van der Waals surface area contributed by atoms with Gasteiger partial charge in [0, 0.05) is 29.3 Å². The second kappa shape index (κ2) is 7.59. The van der Waals surface area contributed by atoms with Gasteiger partial charge in [-0.15, -0.1) is 0 Å². The Labute approximate surface area is 174 Å². The number of aromatic nitrogens is 1. The van der Waals surface area contributed by atoms with Crippen molar-refractivity contribution in [1.29, 1.82) is 0 Å². The molecule has 0 atom stereocenters. The van der Waals surface area contributed by atoms with Crippen LogP contribution in [-0.2, 0) is 10.2 Å². The number of carbonyl (C=O) groups is 1. The second-order valence-corrected chi connectivity index (χ2v) is 8.90. The minimum atomic E-state index is -0.527. The number of nitrogens with one attached hydrogen (secondary N) is 2. The lowest BCUT2D eigenvalue weighted by atomic mass is 9.93. The van der Waals surface area contributed by atoms with Crippen molar-refractivity contribution in [1.82, 2.24) is 10.3 Å². The van der Waals surface area contributed by atoms with E-state index < -0.39 is 16.6 Å². The SMILES string of the molecule is Cc1[nH]c(=S)c([N+](=O)[O-])cc1-c1ccc(C2(CNC(=O)OC(C)(C)C)CC2)cc1. The molecule has 29 heavy (non-hydrogen) atoms. The number of aryl methyl sites for hydroxylation is 1. The van der Waals surface area contributed by atoms with Gasteiger partial charge in [-0.3, -0.25) is 10.1 Å². The summed E-state index contributed by atoms with van der Waals surface area (Å²) in [6, 6.07) is 9.45. The maximum absolute atomic E-state index is 12.0. The van der Waals surface area contributed by atoms with Crippen LogP contribution in [0, 0.1) is 21.7 Å². The van der Waals surface area contributed by atoms with Crippen LogP contribution in [-0.4, -0.2) is 28.1 Å². The first-order valence-corrected chi connectivity index (χ1v) is 9.88. The van der Waals surface area contributed by atoms with Gasteiger partial charge in [0.2, 0.25) is 0 Å². The molecule has 1 aliphatic carbocycles. The molecule has 1 heterocycles. The molecule has 0 saturated heterocycles. The Bertz CT molecular complexity index is 1000. The number of nitro groups is 1. The molecule has 8 heteroatoms. The number of H-pyrrole nitrogens is 1. The highest BCUT2D eigenvalue weighted by Crippen LogP contribution is 2.48. The van der Waals surface area contributed by atoms with Gasteiger partial charge in [0.15, 0.2) is 4.64 Å². The highest BCUT2D eigenvalue weighted by molar-refractivity contribution is 7.71. The summed E-state index contributed by atoms with van der Waals surface area (Å²) >= 11 is 5.04. The van der Waals surface area contributed by atoms with Gasteiger partial charge in [-0.25, -0.2) is 4.79 Å². The van der Waals surface area contributed by atoms with Gasteiger partial charge in [0.1, 0.15) is 5.60 Å². The Hall–Kier alpha value is -2.74. The molecule has 1 aromatic heterocycles. The Morgan fingerprint density at radius 1 is 1.31 bits per heavy atom. The van der Waals surface area contributed by atoms with E-state index in [2.05, 4.69) is 10.3 Å². The molecule has 1 aliphatic rings. The van der Waals surface area contributed by atoms with Crippen LogP contribution in [0.2, 0.25) is 0 Å². The average Bonchev–Trinajstić information content (AvgIpc) is 3.40. The third kappa shape index (κ3) is 4.82. The fourth-order valence-corrected chi connectivity index (χ4v) is 3.61. The molecular weight excluding hydrogens is 390 g/mol. The van der Waals surface area contributed by atoms with E-state index in [9.17, 15) is 14.9 Å². The van der Waals surface area contributed by atoms with Crippen molar-refractivity contribution in [3.63, 3.8) is 0 Å². The van der Waals surface area contributed by atoms with Gasteiger partial charge >= 0.3 is 11.8 Å². The standard InChI is InChI=1S/C21H25N3O4S/c1-13-16(11-17(24(26)27)18(29)23-13)14-5-7-15(8-6-14)21(9-10-21)12-22-19(25)28-20(2,3)4/h5-8,11H,9-10,12H2,1-4H3,(H,22,25)(H,23,29). The smallest absolute Gasteiger partial charge is 0.407 e. The first-order valence-electron chi connectivity index (χ1n) is 9.47. The predicted molar refractivity (Wildman–Crippen MR) is 114 cm³/mol. The fraction of sp³-hybridized carbons (Fsp3) is 0.429. The molecule has 1 fully saturated rings. The molecule has 1 aromatic carbocycles. The largest absolute Gasteiger partial charge is 0.444 e. The van der Waals surface area contributed by atoms with Crippen molar-refractivity contribution in [3.05, 3.63) is 56.3 Å². The summed E-state index contributed by atoms with van der Waals surface area (Å²) in [5.41, 5.74) is 2.82. The number of amides is 1. The molecule has 1 amide bonds. The lowest BCUT2D eigenvalue weighted by Crippen LogP contribution is -2.37. The lowest BCUT2D eigenvalue weighted by Gasteiger charge is -2.22. The van der Waals surface area contributed by atoms with E-state index in [-0.39, 0.29) is 15.7 Å². The summed E-state index contributed by atoms with van der Waals surface area (Å²) in [6.45, 7) is 7.86. The van der Waals surface area contributed by atoms with Crippen molar-refractivity contribution in [2.24, 2.45) is 0 Å². The third-order valence-corrected chi connectivity index (χ3v) is 5.36. The van der Waals surface area contributed by atoms with Crippen molar-refractivity contribution >= 4 is 24.0 Å². The normalized spacial score (nSPS) is 14.9. The minimum absolute atomic E-state index is 0.0763. The Kier molecular flexibility index (Phi) is 5.49. The first-order chi connectivity index (χ1) is 13.5. The first kappa shape index (κ1) is 21.0. The third-order valence-electron chi connectivity index (χ3n) is 5.05. The zero-order valence-corrected chi connectivity index (χ0v) is 17.8. The molecule has 154 valence electrons. The van der Waals surface area contributed by atoms with E-state index in [1.807, 2.05) is 52.0 Å². The molecule has 2 N–H and O–H groups in total. The molecule has 3 rings (SSSR count). The molecule has 1 saturated carbocycles. The maximum atomic E-state index is 12.0. The van der Waals surface area contributed by atoms with Crippen LogP contribution >= 0.6 is 12.2 Å². The van der Waals surface area contributed by atoms with Gasteiger partial charge in [-0.05, 0) is 51.7 Å². The zero-order valence-electron chi connectivity index (χ0n) is 17.0. The number of hydrogen-bond donors (Lipinski definition) is 2. The topological polar surface area (TPSA) is 97.3 Å². The molecule has 2 aromatic rings. The Morgan fingerprint density at radius 3 is 2.45 bits per heavy atom. The molecule has 0 spiro atoms. The van der Waals surface area contributed by atoms with E-state index in [0.717, 1.165) is 35.2 Å². The fourth-order valence-electron chi connectivity index (χ4n) is 3.32. The van der Waals surface area contributed by atoms with Gasteiger partial charge in [-0.2, -0.15) is 0 Å². The van der Waals surface area contributed by atoms with Crippen LogP contribution in [0.3, 0.4) is 0 Å². The summed E-state index contributed by atoms with van der Waals surface area (Å²) in [7, 11) is 0. The highest BCUT2D eigenvalue weighted by atomic mass is 32.1. The van der Waals surface area contributed by atoms with Crippen LogP contribution in [0.5, 0.6) is 0 Å². The van der Waals surface area contributed by atoms with Crippen LogP contribution in [0.4, 0.5) is 10.5 Å². The molecule has 0 radical (unpaired) electrons. The summed E-state index contributed by atoms with van der Waals surface area (Å²) in [6.07, 6.45) is 1.57. The Morgan fingerprint density at radius 2 is 1.93 bits per heavy atom. The predicted octanol–water partition coefficient (Wildman–Crippen LogP) is 5.18. The van der Waals surface area contributed by atoms with Crippen molar-refractivity contribution in [2.75, 3.05) is 6.54 Å². The number of nitrogens with zero attached hydrogens (tertiary/aromatic N) is 1. The van der Waals surface area contributed by atoms with E-state index in [1.165, 1.54) is 6.07 Å². The number of carbonyl (C=O) groups excluding carboxylic acids is 1. The molecular formula is C21H25N3O4S. The van der Waals surface area contributed by atoms with E-state index in [0.29, 0.717) is 6.54 Å². The number of ether oxygens (including phenoxy) is 1. The molecule has 0 aliphatic heterocycles. The van der Waals surface area contributed by atoms with Crippen LogP contribution in [0.1, 0.15) is 44.9 Å². The monoisotopic (exact) mass is 415 g/mol. The van der Waals surface area contributed by atoms with Crippen molar-refractivity contribution < 1.29 is 14.5 Å². The number of pyridine rings is 1. The average molecular weight is 416 g/mol. The molecule has 0 bridgehead atoms. The van der Waals surface area contributed by atoms with Crippen molar-refractivity contribution in [3.8, 4) is 11.1 Å². The number of aromatic amines is 1. The van der Waals surface area contributed by atoms with Gasteiger partial charge in [0.05, 0.1) is 4.92 Å². The van der Waals surface area contributed by atoms with Crippen molar-refractivity contribution in [2.45, 2.75) is 51.6 Å². The zero-order chi connectivity index (χ0) is 21.4. The maximum Gasteiger partial charge on any atom is 0.407 e. The van der Waals surface area contributed by atoms with Gasteiger partial charge < -0.3 is 15.0 Å². The summed E-state index contributed by atoms with van der Waals surface area (Å²) in [5, 5.41) is 14.1. The molecule has 7 nitrogen and oxygen atoms in total. The minimum Gasteiger partial charge on any atom is -0.444 e. The quantitative estimate of drug-likeness (QED) is 0.398. The van der Waals surface area contributed by atoms with Crippen LogP contribution in [0.25, 0.3) is 11.1 Å². The number of alkyl carbamates (subject to hydrolysis) is 1. The van der Waals surface area contributed by atoms with E-state index in [1.54, 1.807) is 0 Å². The van der Waals surface area contributed by atoms with E-state index >= 15 is 0 Å². The highest BCUT2D eigenvalue weighted by Gasteiger charge is 2.44. The second-order valence-electron chi connectivity index (χ2n) is 8.49. The van der Waals surface area contributed by atoms with Gasteiger partial charge in [0.25, 0.3) is 0 Å². The summed E-state index contributed by atoms with van der Waals surface area (Å²) in [5.74, 6) is 0. The van der Waals surface area contributed by atoms with E-state index in [4.69, 9.17) is 17.0 Å². The number of rotatable bonds is 5. The summed E-state index contributed by atoms with van der Waals surface area (Å²) < 4.78 is 5.43. The lowest BCUT2D eigenvalue weighted by molar-refractivity contribution is -0.385. The van der Waals surface area contributed by atoms with Gasteiger partial charge in [-0.1, -0.05) is 36.5 Å². The van der Waals surface area contributed by atoms with Crippen LogP contribution < -0.4 is 5.32 Å². The summed E-state index contributed by atoms with van der Waals surface area (Å²) in [4.78, 5) is 25.6. The van der Waals surface area contributed by atoms with Crippen LogP contribution in [0.15, 0.2) is 30.3 Å². The number of hydrogen-bond acceptors (Lipinski definition) is 5. The Balaban J connectivity index is 1.77. The number of benzene rings is 1.